The summed E-state index contributed by atoms with van der Waals surface area (Å²) in [6.07, 6.45) is 1.61. The Morgan fingerprint density at radius 3 is 2.04 bits per heavy atom. The van der Waals surface area contributed by atoms with E-state index in [0.717, 1.165) is 24.5 Å². The predicted octanol–water partition coefficient (Wildman–Crippen LogP) is 6.16. The van der Waals surface area contributed by atoms with Crippen molar-refractivity contribution in [3.63, 3.8) is 0 Å². The topological polar surface area (TPSA) is 32.6 Å². The molecule has 0 amide bonds. The van der Waals surface area contributed by atoms with Crippen LogP contribution >= 0.6 is 0 Å². The first-order valence-corrected chi connectivity index (χ1v) is 8.62. The third-order valence-electron chi connectivity index (χ3n) is 3.73. The molecule has 0 heterocycles. The highest BCUT2D eigenvalue weighted by Crippen LogP contribution is 2.27. The summed E-state index contributed by atoms with van der Waals surface area (Å²) in [6.45, 7) is 12.1. The maximum Gasteiger partial charge on any atom is 0.286 e. The first kappa shape index (κ1) is 22.4. The van der Waals surface area contributed by atoms with Crippen molar-refractivity contribution >= 4 is 5.71 Å². The largest absolute Gasteiger partial charge is 0.389 e. The Labute approximate surface area is 145 Å². The molecule has 2 nitrogen and oxygen atoms in total. The molecule has 136 valence electrons. The lowest BCUT2D eigenvalue weighted by molar-refractivity contribution is 0.0619. The van der Waals surface area contributed by atoms with Gasteiger partial charge in [-0.1, -0.05) is 58.0 Å². The lowest BCUT2D eigenvalue weighted by Crippen LogP contribution is -2.18. The van der Waals surface area contributed by atoms with E-state index in [1.165, 1.54) is 6.08 Å². The quantitative estimate of drug-likeness (QED) is 0.618. The van der Waals surface area contributed by atoms with Crippen LogP contribution in [-0.4, -0.2) is 16.7 Å². The molecule has 0 bridgehead atoms. The smallest absolute Gasteiger partial charge is 0.286 e. The van der Waals surface area contributed by atoms with Crippen LogP contribution in [0.3, 0.4) is 0 Å². The van der Waals surface area contributed by atoms with Gasteiger partial charge in [0.25, 0.3) is 5.92 Å². The SMILES string of the molecule is C/C=C(\N=C(c1ccc(C(C)O)cc1)C(C)CC)C(C)(F)F.CC. The van der Waals surface area contributed by atoms with Crippen LogP contribution in [0.15, 0.2) is 41.0 Å². The van der Waals surface area contributed by atoms with Gasteiger partial charge in [0.15, 0.2) is 0 Å². The summed E-state index contributed by atoms with van der Waals surface area (Å²) in [5.41, 5.74) is 2.03. The molecule has 0 aliphatic rings. The molecule has 0 spiro atoms. The van der Waals surface area contributed by atoms with Gasteiger partial charge in [0.1, 0.15) is 5.70 Å². The number of halogens is 2. The number of allylic oxidation sites excluding steroid dienone is 2. The van der Waals surface area contributed by atoms with Gasteiger partial charge < -0.3 is 5.11 Å². The number of aliphatic hydroxyl groups excluding tert-OH is 1. The number of aliphatic imine (C=N–C) groups is 1. The van der Waals surface area contributed by atoms with Crippen LogP contribution in [0.4, 0.5) is 8.78 Å². The van der Waals surface area contributed by atoms with Crippen molar-refractivity contribution in [1.82, 2.24) is 0 Å². The average molecular weight is 339 g/mol. The zero-order valence-corrected chi connectivity index (χ0v) is 15.9. The molecule has 4 heteroatoms. The Morgan fingerprint density at radius 1 is 1.21 bits per heavy atom. The van der Waals surface area contributed by atoms with Crippen LogP contribution in [0.1, 0.15) is 72.1 Å². The normalized spacial score (nSPS) is 15.4. The molecule has 1 N–H and O–H groups in total. The molecule has 1 aromatic rings. The monoisotopic (exact) mass is 339 g/mol. The fourth-order valence-electron chi connectivity index (χ4n) is 2.13. The molecule has 0 aliphatic heterocycles. The van der Waals surface area contributed by atoms with E-state index in [0.29, 0.717) is 5.71 Å². The number of aliphatic hydroxyl groups is 1. The molecule has 0 fully saturated rings. The van der Waals surface area contributed by atoms with Gasteiger partial charge in [-0.05, 0) is 37.3 Å². The van der Waals surface area contributed by atoms with Crippen LogP contribution < -0.4 is 0 Å². The minimum absolute atomic E-state index is 0.0645. The maximum absolute atomic E-state index is 13.6. The lowest BCUT2D eigenvalue weighted by atomic mass is 9.94. The second kappa shape index (κ2) is 10.3. The van der Waals surface area contributed by atoms with Gasteiger partial charge in [-0.25, -0.2) is 0 Å². The summed E-state index contributed by atoms with van der Waals surface area (Å²) >= 11 is 0. The van der Waals surface area contributed by atoms with Crippen LogP contribution in [-0.2, 0) is 0 Å². The molecule has 0 radical (unpaired) electrons. The molecule has 0 saturated carbocycles. The van der Waals surface area contributed by atoms with Gasteiger partial charge in [0.2, 0.25) is 0 Å². The molecular weight excluding hydrogens is 308 g/mol. The highest BCUT2D eigenvalue weighted by Gasteiger charge is 2.28. The molecule has 2 atom stereocenters. The highest BCUT2D eigenvalue weighted by molar-refractivity contribution is 6.02. The molecule has 1 rings (SSSR count). The van der Waals surface area contributed by atoms with Crippen molar-refractivity contribution < 1.29 is 13.9 Å². The van der Waals surface area contributed by atoms with Crippen molar-refractivity contribution in [3.8, 4) is 0 Å². The minimum Gasteiger partial charge on any atom is -0.389 e. The molecule has 1 aromatic carbocycles. The Hall–Kier alpha value is -1.55. The Bertz CT molecular complexity index is 540. The van der Waals surface area contributed by atoms with Crippen molar-refractivity contribution in [3.05, 3.63) is 47.2 Å². The van der Waals surface area contributed by atoms with Crippen molar-refractivity contribution in [2.45, 2.75) is 66.9 Å². The van der Waals surface area contributed by atoms with E-state index in [4.69, 9.17) is 0 Å². The van der Waals surface area contributed by atoms with Gasteiger partial charge in [0.05, 0.1) is 11.8 Å². The summed E-state index contributed by atoms with van der Waals surface area (Å²) in [5, 5.41) is 9.56. The summed E-state index contributed by atoms with van der Waals surface area (Å²) in [5.74, 6) is -2.90. The Morgan fingerprint density at radius 2 is 1.71 bits per heavy atom. The Kier molecular flexibility index (Phi) is 9.67. The average Bonchev–Trinajstić information content (AvgIpc) is 2.56. The first-order chi connectivity index (χ1) is 11.2. The van der Waals surface area contributed by atoms with E-state index in [2.05, 4.69) is 4.99 Å². The summed E-state index contributed by atoms with van der Waals surface area (Å²) in [6, 6.07) is 7.26. The Balaban J connectivity index is 0.00000254. The van der Waals surface area contributed by atoms with Gasteiger partial charge in [-0.3, -0.25) is 4.99 Å². The standard InChI is InChI=1S/C18H25F2NO.C2H6/c1-6-12(3)17(21-16(7-2)18(5,19)20)15-10-8-14(9-11-15)13(4)22;1-2/h7-13,22H,6H2,1-5H3;1-2H3/b16-7-,21-17?;. The number of alkyl halides is 2. The molecule has 2 unspecified atom stereocenters. The highest BCUT2D eigenvalue weighted by atomic mass is 19.3. The van der Waals surface area contributed by atoms with E-state index >= 15 is 0 Å². The minimum atomic E-state index is -2.97. The third kappa shape index (κ3) is 6.52. The predicted molar refractivity (Wildman–Crippen MR) is 98.8 cm³/mol. The first-order valence-electron chi connectivity index (χ1n) is 8.62. The number of hydrogen-bond acceptors (Lipinski definition) is 2. The molecule has 0 aromatic heterocycles. The number of hydrogen-bond donors (Lipinski definition) is 1. The molecular formula is C20H31F2NO. The van der Waals surface area contributed by atoms with Crippen molar-refractivity contribution in [2.75, 3.05) is 0 Å². The van der Waals surface area contributed by atoms with E-state index < -0.39 is 12.0 Å². The number of rotatable bonds is 6. The molecule has 0 saturated heterocycles. The molecule has 0 aliphatic carbocycles. The van der Waals surface area contributed by atoms with Crippen LogP contribution in [0, 0.1) is 5.92 Å². The van der Waals surface area contributed by atoms with Gasteiger partial charge in [-0.2, -0.15) is 8.78 Å². The maximum atomic E-state index is 13.6. The third-order valence-corrected chi connectivity index (χ3v) is 3.73. The van der Waals surface area contributed by atoms with Crippen molar-refractivity contribution in [2.24, 2.45) is 10.9 Å². The lowest BCUT2D eigenvalue weighted by Gasteiger charge is -2.18. The van der Waals surface area contributed by atoms with E-state index in [-0.39, 0.29) is 11.6 Å². The van der Waals surface area contributed by atoms with Crippen LogP contribution in [0.25, 0.3) is 0 Å². The molecule has 24 heavy (non-hydrogen) atoms. The zero-order valence-electron chi connectivity index (χ0n) is 15.9. The van der Waals surface area contributed by atoms with Crippen LogP contribution in [0.2, 0.25) is 0 Å². The van der Waals surface area contributed by atoms with E-state index in [9.17, 15) is 13.9 Å². The summed E-state index contributed by atoms with van der Waals surface area (Å²) < 4.78 is 27.2. The van der Waals surface area contributed by atoms with Gasteiger partial charge in [-0.15, -0.1) is 0 Å². The van der Waals surface area contributed by atoms with Gasteiger partial charge in [0, 0.05) is 6.92 Å². The number of nitrogens with zero attached hydrogens (tertiary/aromatic N) is 1. The zero-order chi connectivity index (χ0) is 18.9. The fourth-order valence-corrected chi connectivity index (χ4v) is 2.13. The fraction of sp³-hybridized carbons (Fsp3) is 0.550. The second-order valence-electron chi connectivity index (χ2n) is 5.67. The van der Waals surface area contributed by atoms with Crippen molar-refractivity contribution in [1.29, 1.82) is 0 Å². The van der Waals surface area contributed by atoms with E-state index in [1.807, 2.05) is 39.8 Å². The van der Waals surface area contributed by atoms with Crippen LogP contribution in [0.5, 0.6) is 0 Å². The van der Waals surface area contributed by atoms with Gasteiger partial charge >= 0.3 is 0 Å². The summed E-state index contributed by atoms with van der Waals surface area (Å²) in [4.78, 5) is 4.25. The second-order valence-corrected chi connectivity index (χ2v) is 5.67. The summed E-state index contributed by atoms with van der Waals surface area (Å²) in [7, 11) is 0. The van der Waals surface area contributed by atoms with E-state index in [1.54, 1.807) is 26.0 Å². The number of benzene rings is 1.